The molecule has 0 fully saturated rings. The minimum absolute atomic E-state index is 0.238. The van der Waals surface area contributed by atoms with Crippen molar-refractivity contribution < 1.29 is 17.6 Å². The van der Waals surface area contributed by atoms with Gasteiger partial charge in [0.25, 0.3) is 0 Å². The zero-order chi connectivity index (χ0) is 15.3. The Morgan fingerprint density at radius 1 is 1.45 bits per heavy atom. The summed E-state index contributed by atoms with van der Waals surface area (Å²) in [5.74, 6) is 0.688. The molecule has 0 saturated heterocycles. The van der Waals surface area contributed by atoms with Gasteiger partial charge in [-0.15, -0.1) is 0 Å². The van der Waals surface area contributed by atoms with Crippen LogP contribution in [-0.4, -0.2) is 40.0 Å². The van der Waals surface area contributed by atoms with Gasteiger partial charge in [-0.05, 0) is 27.7 Å². The van der Waals surface area contributed by atoms with E-state index in [1.54, 1.807) is 14.0 Å². The third-order valence-electron chi connectivity index (χ3n) is 3.22. The molecule has 0 aromatic carbocycles. The Hall–Kier alpha value is -1.51. The molecule has 2 rings (SSSR count). The first-order valence-corrected chi connectivity index (χ1v) is 7.63. The lowest BCUT2D eigenvalue weighted by Crippen LogP contribution is -2.38. The second kappa shape index (κ2) is 4.51. The van der Waals surface area contributed by atoms with Crippen LogP contribution in [0.5, 0.6) is 0 Å². The summed E-state index contributed by atoms with van der Waals surface area (Å²) in [6.07, 6.45) is -1.80. The van der Waals surface area contributed by atoms with Crippen molar-refractivity contribution in [1.29, 1.82) is 0 Å². The van der Waals surface area contributed by atoms with Crippen molar-refractivity contribution in [3.63, 3.8) is 0 Å². The monoisotopic (exact) mass is 304 g/mol. The first-order valence-electron chi connectivity index (χ1n) is 6.09. The van der Waals surface area contributed by atoms with E-state index in [1.807, 2.05) is 0 Å². The number of aromatic nitrogens is 3. The number of aryl methyl sites for hydroxylation is 2. The molecule has 0 aliphatic carbocycles. The van der Waals surface area contributed by atoms with Gasteiger partial charge >= 0.3 is 0 Å². The van der Waals surface area contributed by atoms with Crippen LogP contribution in [0.2, 0.25) is 0 Å². The van der Waals surface area contributed by atoms with Crippen LogP contribution in [-0.2, 0) is 21.7 Å². The Balaban J connectivity index is 2.39. The normalized spacial score (nSPS) is 23.3. The quantitative estimate of drug-likeness (QED) is 0.815. The Bertz CT molecular complexity index is 665. The Morgan fingerprint density at radius 2 is 2.05 bits per heavy atom. The largest absolute Gasteiger partial charge is 0.385 e. The van der Waals surface area contributed by atoms with Crippen LogP contribution in [0.25, 0.3) is 0 Å². The number of nitrogens with zero attached hydrogens (tertiary/aromatic N) is 4. The minimum Gasteiger partial charge on any atom is -0.385 e. The highest BCUT2D eigenvalue weighted by atomic mass is 32.2. The summed E-state index contributed by atoms with van der Waals surface area (Å²) < 4.78 is 40.5. The average Bonchev–Trinajstić information content (AvgIpc) is 2.79. The fraction of sp³-hybridized carbons (Fsp3) is 0.727. The van der Waals surface area contributed by atoms with Crippen molar-refractivity contribution in [1.82, 2.24) is 14.8 Å². The van der Waals surface area contributed by atoms with E-state index in [1.165, 1.54) is 25.5 Å². The summed E-state index contributed by atoms with van der Waals surface area (Å²) in [6, 6.07) is 0. The van der Waals surface area contributed by atoms with Gasteiger partial charge in [0, 0.05) is 7.05 Å². The van der Waals surface area contributed by atoms with Crippen LogP contribution < -0.4 is 0 Å². The van der Waals surface area contributed by atoms with Crippen molar-refractivity contribution in [2.45, 2.75) is 44.7 Å². The third kappa shape index (κ3) is 2.19. The Morgan fingerprint density at radius 3 is 2.45 bits per heavy atom. The van der Waals surface area contributed by atoms with Gasteiger partial charge in [0.05, 0.1) is 0 Å². The van der Waals surface area contributed by atoms with Crippen LogP contribution in [0.4, 0.5) is 4.39 Å². The number of halogens is 1. The van der Waals surface area contributed by atoms with E-state index in [0.29, 0.717) is 5.82 Å². The van der Waals surface area contributed by atoms with E-state index in [4.69, 9.17) is 4.84 Å². The fourth-order valence-electron chi connectivity index (χ4n) is 1.95. The first-order chi connectivity index (χ1) is 9.07. The van der Waals surface area contributed by atoms with Crippen LogP contribution in [0, 0.1) is 6.92 Å². The number of oxime groups is 1. The second-order valence-electron chi connectivity index (χ2n) is 5.31. The van der Waals surface area contributed by atoms with E-state index in [0.717, 1.165) is 0 Å². The number of rotatable bonds is 2. The van der Waals surface area contributed by atoms with E-state index in [9.17, 15) is 12.8 Å². The van der Waals surface area contributed by atoms with Crippen molar-refractivity contribution in [2.24, 2.45) is 12.2 Å². The number of hydrogen-bond acceptors (Lipinski definition) is 6. The van der Waals surface area contributed by atoms with Crippen molar-refractivity contribution >= 4 is 14.9 Å². The molecule has 0 radical (unpaired) electrons. The van der Waals surface area contributed by atoms with Gasteiger partial charge in [-0.1, -0.05) is 5.16 Å². The highest BCUT2D eigenvalue weighted by Gasteiger charge is 2.49. The van der Waals surface area contributed by atoms with Crippen LogP contribution >= 0.6 is 0 Å². The molecule has 0 amide bonds. The molecule has 0 unspecified atom stereocenters. The van der Waals surface area contributed by atoms with Gasteiger partial charge in [-0.25, -0.2) is 17.8 Å². The highest BCUT2D eigenvalue weighted by molar-refractivity contribution is 8.06. The molecule has 2 heterocycles. The summed E-state index contributed by atoms with van der Waals surface area (Å²) in [4.78, 5) is 8.93. The maximum absolute atomic E-state index is 14.2. The molecule has 0 saturated carbocycles. The molecular formula is C11H17FN4O3S. The van der Waals surface area contributed by atoms with Gasteiger partial charge in [0.15, 0.2) is 11.8 Å². The lowest BCUT2D eigenvalue weighted by atomic mass is 10.1. The van der Waals surface area contributed by atoms with E-state index in [-0.39, 0.29) is 5.82 Å². The second-order valence-corrected chi connectivity index (χ2v) is 7.53. The molecule has 1 aliphatic heterocycles. The maximum atomic E-state index is 14.2. The molecule has 20 heavy (non-hydrogen) atoms. The summed E-state index contributed by atoms with van der Waals surface area (Å²) in [6.45, 7) is 5.97. The molecule has 1 aliphatic rings. The molecule has 0 N–H and O–H groups in total. The zero-order valence-electron chi connectivity index (χ0n) is 12.0. The molecule has 1 aromatic rings. The summed E-state index contributed by atoms with van der Waals surface area (Å²) >= 11 is 0. The summed E-state index contributed by atoms with van der Waals surface area (Å²) in [5, 5.41) is 5.78. The molecule has 0 bridgehead atoms. The van der Waals surface area contributed by atoms with Gasteiger partial charge in [-0.3, -0.25) is 4.68 Å². The molecule has 0 spiro atoms. The lowest BCUT2D eigenvalue weighted by molar-refractivity contribution is -0.0232. The molecule has 112 valence electrons. The maximum Gasteiger partial charge on any atom is 0.210 e. The molecule has 7 nitrogen and oxygen atoms in total. The topological polar surface area (TPSA) is 86.4 Å². The first kappa shape index (κ1) is 14.9. The van der Waals surface area contributed by atoms with Crippen molar-refractivity contribution in [3.8, 4) is 0 Å². The molecular weight excluding hydrogens is 287 g/mol. The Labute approximate surface area is 116 Å². The fourth-order valence-corrected chi connectivity index (χ4v) is 3.51. The van der Waals surface area contributed by atoms with Crippen molar-refractivity contribution in [2.75, 3.05) is 0 Å². The van der Waals surface area contributed by atoms with E-state index < -0.39 is 31.9 Å². The predicted octanol–water partition coefficient (Wildman–Crippen LogP) is 1.06. The van der Waals surface area contributed by atoms with Gasteiger partial charge < -0.3 is 4.84 Å². The highest BCUT2D eigenvalue weighted by Crippen LogP contribution is 2.33. The smallest absolute Gasteiger partial charge is 0.210 e. The van der Waals surface area contributed by atoms with Gasteiger partial charge in [0.2, 0.25) is 14.9 Å². The third-order valence-corrected chi connectivity index (χ3v) is 5.23. The minimum atomic E-state index is -3.99. The van der Waals surface area contributed by atoms with Crippen molar-refractivity contribution in [3.05, 3.63) is 11.6 Å². The van der Waals surface area contributed by atoms with Crippen LogP contribution in [0.3, 0.4) is 0 Å². The predicted molar refractivity (Wildman–Crippen MR) is 70.6 cm³/mol. The molecule has 1 aromatic heterocycles. The zero-order valence-corrected chi connectivity index (χ0v) is 12.8. The lowest BCUT2D eigenvalue weighted by Gasteiger charge is -2.19. The van der Waals surface area contributed by atoms with E-state index in [2.05, 4.69) is 15.2 Å². The van der Waals surface area contributed by atoms with E-state index >= 15 is 0 Å². The number of hydrogen-bond donors (Lipinski definition) is 0. The van der Waals surface area contributed by atoms with Gasteiger partial charge in [0.1, 0.15) is 16.9 Å². The molecule has 9 heteroatoms. The summed E-state index contributed by atoms with van der Waals surface area (Å²) in [7, 11) is -2.41. The Kier molecular flexibility index (Phi) is 3.35. The SMILES string of the molecule is Cc1nc([C@H](C)S(=O)(=O)C2=NOC(C)(C)[C@H]2F)n(C)n1. The van der Waals surface area contributed by atoms with Gasteiger partial charge in [-0.2, -0.15) is 5.10 Å². The average molecular weight is 304 g/mol. The number of alkyl halides is 1. The standard InChI is InChI=1S/C11H17FN4O3S/c1-6(9-13-7(2)14-16(9)5)20(17,18)10-8(12)11(3,4)19-15-10/h6,8H,1-5H3/t6-,8-/m0/s1. The van der Waals surface area contributed by atoms with Crippen LogP contribution in [0.1, 0.15) is 37.7 Å². The summed E-state index contributed by atoms with van der Waals surface area (Å²) in [5.41, 5.74) is -1.28. The number of sulfone groups is 1. The van der Waals surface area contributed by atoms with Crippen LogP contribution in [0.15, 0.2) is 5.16 Å². The molecule has 2 atom stereocenters.